The second-order valence-electron chi connectivity index (χ2n) is 4.66. The van der Waals surface area contributed by atoms with Crippen molar-refractivity contribution >= 4 is 5.82 Å². The molecule has 1 aromatic heterocycles. The highest BCUT2D eigenvalue weighted by Crippen LogP contribution is 2.29. The Bertz CT molecular complexity index is 420. The van der Waals surface area contributed by atoms with E-state index in [0.717, 1.165) is 51.4 Å². The molecule has 1 N–H and O–H groups in total. The van der Waals surface area contributed by atoms with Gasteiger partial charge in [-0.15, -0.1) is 0 Å². The van der Waals surface area contributed by atoms with E-state index in [4.69, 9.17) is 4.74 Å². The first-order valence-electron chi connectivity index (χ1n) is 6.63. The Kier molecular flexibility index (Phi) is 5.19. The average Bonchev–Trinajstić information content (AvgIpc) is 2.44. The van der Waals surface area contributed by atoms with E-state index in [1.807, 2.05) is 0 Å². The van der Waals surface area contributed by atoms with E-state index in [9.17, 15) is 13.2 Å². The number of anilines is 1. The van der Waals surface area contributed by atoms with Crippen molar-refractivity contribution in [2.24, 2.45) is 0 Å². The lowest BCUT2D eigenvalue weighted by molar-refractivity contribution is -0.137. The van der Waals surface area contributed by atoms with E-state index in [1.54, 1.807) is 0 Å². The lowest BCUT2D eigenvalue weighted by Crippen LogP contribution is -2.37. The first kappa shape index (κ1) is 15.1. The molecule has 0 amide bonds. The minimum Gasteiger partial charge on any atom is -0.379 e. The normalized spacial score (nSPS) is 17.1. The maximum Gasteiger partial charge on any atom is 0.416 e. The summed E-state index contributed by atoms with van der Waals surface area (Å²) in [6.07, 6.45) is -2.29. The van der Waals surface area contributed by atoms with Gasteiger partial charge in [-0.1, -0.05) is 0 Å². The van der Waals surface area contributed by atoms with Crippen LogP contribution < -0.4 is 5.32 Å². The molecule has 0 atom stereocenters. The summed E-state index contributed by atoms with van der Waals surface area (Å²) in [5, 5.41) is 2.93. The highest BCUT2D eigenvalue weighted by Gasteiger charge is 2.30. The zero-order valence-corrected chi connectivity index (χ0v) is 11.1. The van der Waals surface area contributed by atoms with Crippen molar-refractivity contribution in [3.8, 4) is 0 Å². The van der Waals surface area contributed by atoms with Crippen LogP contribution >= 0.6 is 0 Å². The molecule has 0 aromatic carbocycles. The van der Waals surface area contributed by atoms with Crippen LogP contribution in [0, 0.1) is 0 Å². The Morgan fingerprint density at radius 1 is 1.30 bits per heavy atom. The number of rotatable bonds is 5. The van der Waals surface area contributed by atoms with Gasteiger partial charge in [0.25, 0.3) is 0 Å². The zero-order chi connectivity index (χ0) is 14.4. The molecular weight excluding hydrogens is 271 g/mol. The van der Waals surface area contributed by atoms with E-state index < -0.39 is 11.7 Å². The molecule has 112 valence electrons. The first-order valence-corrected chi connectivity index (χ1v) is 6.63. The van der Waals surface area contributed by atoms with E-state index in [1.165, 1.54) is 6.20 Å². The molecule has 0 spiro atoms. The largest absolute Gasteiger partial charge is 0.416 e. The molecule has 1 aliphatic heterocycles. The molecule has 20 heavy (non-hydrogen) atoms. The maximum atomic E-state index is 12.5. The Morgan fingerprint density at radius 2 is 2.05 bits per heavy atom. The van der Waals surface area contributed by atoms with Gasteiger partial charge in [0.05, 0.1) is 18.8 Å². The molecule has 1 saturated heterocycles. The number of nitrogens with zero attached hydrogens (tertiary/aromatic N) is 2. The summed E-state index contributed by atoms with van der Waals surface area (Å²) in [4.78, 5) is 6.18. The molecule has 0 aliphatic carbocycles. The Balaban J connectivity index is 1.73. The SMILES string of the molecule is FC(F)(F)c1ccnc(NCCCN2CCOCC2)c1. The lowest BCUT2D eigenvalue weighted by Gasteiger charge is -2.26. The summed E-state index contributed by atoms with van der Waals surface area (Å²) in [5.41, 5.74) is -0.678. The van der Waals surface area contributed by atoms with Crippen LogP contribution in [0.15, 0.2) is 18.3 Å². The molecule has 7 heteroatoms. The van der Waals surface area contributed by atoms with Crippen molar-refractivity contribution in [2.45, 2.75) is 12.6 Å². The minimum absolute atomic E-state index is 0.266. The number of morpholine rings is 1. The number of alkyl halides is 3. The number of nitrogens with one attached hydrogen (secondary N) is 1. The van der Waals surface area contributed by atoms with E-state index >= 15 is 0 Å². The topological polar surface area (TPSA) is 37.4 Å². The number of hydrogen-bond donors (Lipinski definition) is 1. The molecule has 0 bridgehead atoms. The second-order valence-corrected chi connectivity index (χ2v) is 4.66. The Labute approximate surface area is 115 Å². The van der Waals surface area contributed by atoms with Crippen molar-refractivity contribution in [3.05, 3.63) is 23.9 Å². The third kappa shape index (κ3) is 4.64. The average molecular weight is 289 g/mol. The van der Waals surface area contributed by atoms with Gasteiger partial charge in [0.15, 0.2) is 0 Å². The molecule has 4 nitrogen and oxygen atoms in total. The summed E-state index contributed by atoms with van der Waals surface area (Å²) in [5.74, 6) is 0.266. The van der Waals surface area contributed by atoms with Crippen LogP contribution in [-0.4, -0.2) is 49.3 Å². The van der Waals surface area contributed by atoms with Crippen LogP contribution in [0.5, 0.6) is 0 Å². The number of pyridine rings is 1. The summed E-state index contributed by atoms with van der Waals surface area (Å²) in [7, 11) is 0. The molecule has 2 rings (SSSR count). The van der Waals surface area contributed by atoms with Gasteiger partial charge in [0.1, 0.15) is 5.82 Å². The van der Waals surface area contributed by atoms with Crippen LogP contribution in [0.2, 0.25) is 0 Å². The minimum atomic E-state index is -4.33. The fourth-order valence-electron chi connectivity index (χ4n) is 2.05. The Hall–Kier alpha value is -1.34. The van der Waals surface area contributed by atoms with Gasteiger partial charge in [-0.2, -0.15) is 13.2 Å². The van der Waals surface area contributed by atoms with Gasteiger partial charge in [0.2, 0.25) is 0 Å². The summed E-state index contributed by atoms with van der Waals surface area (Å²) < 4.78 is 42.8. The van der Waals surface area contributed by atoms with E-state index in [-0.39, 0.29) is 5.82 Å². The predicted octanol–water partition coefficient (Wildman–Crippen LogP) is 2.23. The molecule has 0 saturated carbocycles. The van der Waals surface area contributed by atoms with Crippen molar-refractivity contribution in [1.29, 1.82) is 0 Å². The van der Waals surface area contributed by atoms with Crippen molar-refractivity contribution < 1.29 is 17.9 Å². The fraction of sp³-hybridized carbons (Fsp3) is 0.615. The third-order valence-corrected chi connectivity index (χ3v) is 3.15. The van der Waals surface area contributed by atoms with Crippen LogP contribution in [0.1, 0.15) is 12.0 Å². The van der Waals surface area contributed by atoms with Crippen molar-refractivity contribution in [1.82, 2.24) is 9.88 Å². The molecule has 1 aromatic rings. The van der Waals surface area contributed by atoms with Crippen molar-refractivity contribution in [3.63, 3.8) is 0 Å². The molecule has 2 heterocycles. The lowest BCUT2D eigenvalue weighted by atomic mass is 10.2. The monoisotopic (exact) mass is 289 g/mol. The van der Waals surface area contributed by atoms with Crippen LogP contribution in [0.3, 0.4) is 0 Å². The number of ether oxygens (including phenoxy) is 1. The van der Waals surface area contributed by atoms with Crippen molar-refractivity contribution in [2.75, 3.05) is 44.7 Å². The van der Waals surface area contributed by atoms with Crippen LogP contribution in [0.25, 0.3) is 0 Å². The molecular formula is C13H18F3N3O. The Morgan fingerprint density at radius 3 is 2.75 bits per heavy atom. The van der Waals surface area contributed by atoms with Gasteiger partial charge >= 0.3 is 6.18 Å². The quantitative estimate of drug-likeness (QED) is 0.844. The second kappa shape index (κ2) is 6.90. The predicted molar refractivity (Wildman–Crippen MR) is 69.6 cm³/mol. The molecule has 0 radical (unpaired) electrons. The highest BCUT2D eigenvalue weighted by atomic mass is 19.4. The molecule has 1 aliphatic rings. The van der Waals surface area contributed by atoms with Gasteiger partial charge < -0.3 is 10.1 Å². The maximum absolute atomic E-state index is 12.5. The summed E-state index contributed by atoms with van der Waals surface area (Å²) in [6, 6.07) is 2.01. The first-order chi connectivity index (χ1) is 9.55. The van der Waals surface area contributed by atoms with Crippen LogP contribution in [-0.2, 0) is 10.9 Å². The number of aromatic nitrogens is 1. The number of halogens is 3. The zero-order valence-electron chi connectivity index (χ0n) is 11.1. The van der Waals surface area contributed by atoms with Crippen LogP contribution in [0.4, 0.5) is 19.0 Å². The third-order valence-electron chi connectivity index (χ3n) is 3.15. The van der Waals surface area contributed by atoms with Gasteiger partial charge in [-0.3, -0.25) is 4.90 Å². The standard InChI is InChI=1S/C13H18F3N3O/c14-13(15,16)11-2-4-18-12(10-11)17-3-1-5-19-6-8-20-9-7-19/h2,4,10H,1,3,5-9H2,(H,17,18). The van der Waals surface area contributed by atoms with E-state index in [2.05, 4.69) is 15.2 Å². The van der Waals surface area contributed by atoms with Gasteiger partial charge in [-0.05, 0) is 25.1 Å². The van der Waals surface area contributed by atoms with Gasteiger partial charge in [-0.25, -0.2) is 4.98 Å². The van der Waals surface area contributed by atoms with Gasteiger partial charge in [0, 0.05) is 25.8 Å². The summed E-state index contributed by atoms with van der Waals surface area (Å²) >= 11 is 0. The van der Waals surface area contributed by atoms with E-state index in [0.29, 0.717) is 6.54 Å². The number of hydrogen-bond acceptors (Lipinski definition) is 4. The molecule has 0 unspecified atom stereocenters. The summed E-state index contributed by atoms with van der Waals surface area (Å²) in [6.45, 7) is 4.86. The smallest absolute Gasteiger partial charge is 0.379 e. The fourth-order valence-corrected chi connectivity index (χ4v) is 2.05. The highest BCUT2D eigenvalue weighted by molar-refractivity contribution is 5.38. The molecule has 1 fully saturated rings.